The molecule has 18 heavy (non-hydrogen) atoms. The smallest absolute Gasteiger partial charge is 0.240 e. The number of nitrogen functional groups attached to an aromatic ring is 1. The van der Waals surface area contributed by atoms with Gasteiger partial charge in [0.2, 0.25) is 11.8 Å². The number of anilines is 1. The Balaban J connectivity index is 2.27. The third-order valence-corrected chi connectivity index (χ3v) is 2.58. The average molecular weight is 244 g/mol. The van der Waals surface area contributed by atoms with Gasteiger partial charge in [-0.15, -0.1) is 0 Å². The molecule has 0 aliphatic carbocycles. The van der Waals surface area contributed by atoms with Crippen LogP contribution in [0.3, 0.4) is 0 Å². The molecule has 0 atom stereocenters. The summed E-state index contributed by atoms with van der Waals surface area (Å²) in [5.74, 6) is 6.88. The number of hydrogen-bond donors (Lipinski definition) is 2. The van der Waals surface area contributed by atoms with Crippen LogP contribution >= 0.6 is 0 Å². The highest BCUT2D eigenvalue weighted by Crippen LogP contribution is 2.24. The summed E-state index contributed by atoms with van der Waals surface area (Å²) in [6.07, 6.45) is 2.64. The van der Waals surface area contributed by atoms with Crippen LogP contribution in [-0.2, 0) is 6.42 Å². The van der Waals surface area contributed by atoms with E-state index in [-0.39, 0.29) is 0 Å². The van der Waals surface area contributed by atoms with Gasteiger partial charge in [0.05, 0.1) is 0 Å². The van der Waals surface area contributed by atoms with Gasteiger partial charge < -0.3 is 4.74 Å². The maximum absolute atomic E-state index is 5.75. The Hall–Kier alpha value is -2.14. The molecule has 1 aromatic heterocycles. The van der Waals surface area contributed by atoms with Gasteiger partial charge >= 0.3 is 0 Å². The first kappa shape index (κ1) is 12.3. The van der Waals surface area contributed by atoms with Crippen LogP contribution in [0.15, 0.2) is 30.5 Å². The van der Waals surface area contributed by atoms with Crippen molar-refractivity contribution in [3.8, 4) is 11.6 Å². The molecule has 1 aromatic carbocycles. The highest BCUT2D eigenvalue weighted by Gasteiger charge is 2.06. The summed E-state index contributed by atoms with van der Waals surface area (Å²) in [6.45, 7) is 3.99. The van der Waals surface area contributed by atoms with E-state index in [1.54, 1.807) is 6.20 Å². The largest absolute Gasteiger partial charge is 0.439 e. The second-order valence-electron chi connectivity index (χ2n) is 3.93. The zero-order valence-corrected chi connectivity index (χ0v) is 10.5. The van der Waals surface area contributed by atoms with E-state index < -0.39 is 0 Å². The first-order valence-electron chi connectivity index (χ1n) is 5.80. The number of ether oxygens (including phenoxy) is 1. The maximum Gasteiger partial charge on any atom is 0.240 e. The molecule has 0 aliphatic heterocycles. The molecular formula is C13H16N4O. The number of hydrazine groups is 1. The van der Waals surface area contributed by atoms with Gasteiger partial charge in [-0.2, -0.15) is 4.98 Å². The second-order valence-corrected chi connectivity index (χ2v) is 3.93. The first-order valence-corrected chi connectivity index (χ1v) is 5.80. The predicted molar refractivity (Wildman–Crippen MR) is 70.5 cm³/mol. The molecule has 0 saturated carbocycles. The SMILES string of the molecule is CCc1cccc(Oc2nc(NN)ncc2C)c1. The molecule has 0 radical (unpaired) electrons. The summed E-state index contributed by atoms with van der Waals surface area (Å²) >= 11 is 0. The number of aryl methyl sites for hydroxylation is 2. The van der Waals surface area contributed by atoms with Crippen molar-refractivity contribution >= 4 is 5.95 Å². The van der Waals surface area contributed by atoms with Gasteiger partial charge in [0.15, 0.2) is 0 Å². The summed E-state index contributed by atoms with van der Waals surface area (Å²) in [7, 11) is 0. The molecule has 2 rings (SSSR count). The Bertz CT molecular complexity index is 542. The number of nitrogens with two attached hydrogens (primary N) is 1. The number of benzene rings is 1. The summed E-state index contributed by atoms with van der Waals surface area (Å²) in [4.78, 5) is 8.18. The molecular weight excluding hydrogens is 228 g/mol. The lowest BCUT2D eigenvalue weighted by Gasteiger charge is -2.09. The normalized spacial score (nSPS) is 10.2. The van der Waals surface area contributed by atoms with E-state index in [2.05, 4.69) is 28.4 Å². The third kappa shape index (κ3) is 2.75. The van der Waals surface area contributed by atoms with E-state index in [0.29, 0.717) is 11.8 Å². The molecule has 0 aliphatic rings. The molecule has 0 spiro atoms. The van der Waals surface area contributed by atoms with Crippen LogP contribution in [0.5, 0.6) is 11.6 Å². The van der Waals surface area contributed by atoms with E-state index in [9.17, 15) is 0 Å². The number of rotatable bonds is 4. The van der Waals surface area contributed by atoms with E-state index in [1.165, 1.54) is 5.56 Å². The summed E-state index contributed by atoms with van der Waals surface area (Å²) in [5, 5.41) is 0. The quantitative estimate of drug-likeness (QED) is 0.638. The molecule has 3 N–H and O–H groups in total. The molecule has 0 amide bonds. The standard InChI is InChI=1S/C13H16N4O/c1-3-10-5-4-6-11(7-10)18-12-9(2)8-15-13(16-12)17-14/h4-8H,3,14H2,1-2H3,(H,15,16,17). The highest BCUT2D eigenvalue weighted by molar-refractivity contribution is 5.36. The Labute approximate surface area is 106 Å². The zero-order chi connectivity index (χ0) is 13.0. The van der Waals surface area contributed by atoms with Crippen molar-refractivity contribution in [1.82, 2.24) is 9.97 Å². The topological polar surface area (TPSA) is 73.1 Å². The first-order chi connectivity index (χ1) is 8.72. The molecule has 5 heteroatoms. The summed E-state index contributed by atoms with van der Waals surface area (Å²) in [6, 6.07) is 7.92. The molecule has 0 bridgehead atoms. The number of nitrogens with zero attached hydrogens (tertiary/aromatic N) is 2. The van der Waals surface area contributed by atoms with Crippen LogP contribution in [0.4, 0.5) is 5.95 Å². The highest BCUT2D eigenvalue weighted by atomic mass is 16.5. The number of nitrogens with one attached hydrogen (secondary N) is 1. The van der Waals surface area contributed by atoms with Gasteiger partial charge in [-0.25, -0.2) is 10.8 Å². The predicted octanol–water partition coefficient (Wildman–Crippen LogP) is 2.43. The minimum atomic E-state index is 0.335. The Kier molecular flexibility index (Phi) is 3.74. The molecule has 0 unspecified atom stereocenters. The Morgan fingerprint density at radius 1 is 1.39 bits per heavy atom. The third-order valence-electron chi connectivity index (χ3n) is 2.58. The van der Waals surface area contributed by atoms with Gasteiger partial charge in [0, 0.05) is 11.8 Å². The van der Waals surface area contributed by atoms with Crippen molar-refractivity contribution in [2.75, 3.05) is 5.43 Å². The van der Waals surface area contributed by atoms with Crippen molar-refractivity contribution in [3.05, 3.63) is 41.6 Å². The van der Waals surface area contributed by atoms with Gasteiger partial charge in [0.1, 0.15) is 5.75 Å². The van der Waals surface area contributed by atoms with E-state index in [1.807, 2.05) is 25.1 Å². The molecule has 94 valence electrons. The monoisotopic (exact) mass is 244 g/mol. The fourth-order valence-electron chi connectivity index (χ4n) is 1.54. The minimum Gasteiger partial charge on any atom is -0.439 e. The van der Waals surface area contributed by atoms with Crippen molar-refractivity contribution in [2.45, 2.75) is 20.3 Å². The Morgan fingerprint density at radius 3 is 2.94 bits per heavy atom. The van der Waals surface area contributed by atoms with Crippen LogP contribution in [0.2, 0.25) is 0 Å². The van der Waals surface area contributed by atoms with E-state index in [4.69, 9.17) is 10.6 Å². The van der Waals surface area contributed by atoms with Crippen LogP contribution in [0.1, 0.15) is 18.1 Å². The molecule has 2 aromatic rings. The van der Waals surface area contributed by atoms with Crippen LogP contribution in [-0.4, -0.2) is 9.97 Å². The molecule has 5 nitrogen and oxygen atoms in total. The molecule has 0 fully saturated rings. The lowest BCUT2D eigenvalue weighted by Crippen LogP contribution is -2.11. The molecule has 0 saturated heterocycles. The van der Waals surface area contributed by atoms with Crippen LogP contribution < -0.4 is 16.0 Å². The second kappa shape index (κ2) is 5.46. The van der Waals surface area contributed by atoms with Crippen LogP contribution in [0, 0.1) is 6.92 Å². The lowest BCUT2D eigenvalue weighted by atomic mass is 10.2. The van der Waals surface area contributed by atoms with Crippen molar-refractivity contribution < 1.29 is 4.74 Å². The van der Waals surface area contributed by atoms with E-state index in [0.717, 1.165) is 17.7 Å². The lowest BCUT2D eigenvalue weighted by molar-refractivity contribution is 0.457. The molecule has 1 heterocycles. The summed E-state index contributed by atoms with van der Waals surface area (Å²) in [5.41, 5.74) is 4.48. The van der Waals surface area contributed by atoms with Gasteiger partial charge in [-0.1, -0.05) is 19.1 Å². The van der Waals surface area contributed by atoms with Gasteiger partial charge in [-0.3, -0.25) is 5.43 Å². The van der Waals surface area contributed by atoms with E-state index >= 15 is 0 Å². The number of hydrogen-bond acceptors (Lipinski definition) is 5. The van der Waals surface area contributed by atoms with Crippen molar-refractivity contribution in [3.63, 3.8) is 0 Å². The van der Waals surface area contributed by atoms with Gasteiger partial charge in [0.25, 0.3) is 0 Å². The van der Waals surface area contributed by atoms with Crippen molar-refractivity contribution in [1.29, 1.82) is 0 Å². The average Bonchev–Trinajstić information content (AvgIpc) is 2.41. The van der Waals surface area contributed by atoms with Crippen molar-refractivity contribution in [2.24, 2.45) is 5.84 Å². The maximum atomic E-state index is 5.75. The fourth-order valence-corrected chi connectivity index (χ4v) is 1.54. The fraction of sp³-hybridized carbons (Fsp3) is 0.231. The Morgan fingerprint density at radius 2 is 2.22 bits per heavy atom. The van der Waals surface area contributed by atoms with Gasteiger partial charge in [-0.05, 0) is 31.0 Å². The minimum absolute atomic E-state index is 0.335. The van der Waals surface area contributed by atoms with Crippen LogP contribution in [0.25, 0.3) is 0 Å². The zero-order valence-electron chi connectivity index (χ0n) is 10.5. The number of aromatic nitrogens is 2. The summed E-state index contributed by atoms with van der Waals surface area (Å²) < 4.78 is 5.75.